The van der Waals surface area contributed by atoms with Gasteiger partial charge in [-0.25, -0.2) is 9.78 Å². The highest BCUT2D eigenvalue weighted by molar-refractivity contribution is 7.15. The number of amides is 2. The molecule has 0 radical (unpaired) electrons. The summed E-state index contributed by atoms with van der Waals surface area (Å²) in [4.78, 5) is 31.1. The second-order valence-electron chi connectivity index (χ2n) is 5.44. The van der Waals surface area contributed by atoms with Crippen molar-refractivity contribution in [2.24, 2.45) is 0 Å². The number of carbonyl (C=O) groups is 2. The molecule has 1 aromatic heterocycles. The van der Waals surface area contributed by atoms with Crippen LogP contribution in [0.1, 0.15) is 27.9 Å². The number of nitrogens with zero attached hydrogens (tertiary/aromatic N) is 2. The molecule has 0 saturated carbocycles. The van der Waals surface area contributed by atoms with Crippen LogP contribution in [0.3, 0.4) is 0 Å². The standard InChI is InChI=1S/C17H19N3O4S/c1-3-24-12-6-4-11(5-7-12)15(21)20-9-8-13-14(10-20)25-16(18-13)19-17(22)23-2/h4-7H,3,8-10H2,1-2H3,(H,18,19,22). The third kappa shape index (κ3) is 3.90. The van der Waals surface area contributed by atoms with E-state index in [9.17, 15) is 9.59 Å². The van der Waals surface area contributed by atoms with Crippen LogP contribution < -0.4 is 10.1 Å². The summed E-state index contributed by atoms with van der Waals surface area (Å²) in [6, 6.07) is 7.16. The first-order valence-corrected chi connectivity index (χ1v) is 8.78. The average molecular weight is 361 g/mol. The minimum Gasteiger partial charge on any atom is -0.494 e. The minimum absolute atomic E-state index is 0.0235. The molecular formula is C17H19N3O4S. The summed E-state index contributed by atoms with van der Waals surface area (Å²) in [7, 11) is 1.31. The molecule has 1 aliphatic rings. The maximum atomic E-state index is 12.7. The maximum absolute atomic E-state index is 12.7. The summed E-state index contributed by atoms with van der Waals surface area (Å²) >= 11 is 1.37. The van der Waals surface area contributed by atoms with Gasteiger partial charge in [-0.15, -0.1) is 0 Å². The van der Waals surface area contributed by atoms with Crippen LogP contribution in [-0.2, 0) is 17.7 Å². The number of nitrogens with one attached hydrogen (secondary N) is 1. The molecule has 0 unspecified atom stereocenters. The maximum Gasteiger partial charge on any atom is 0.413 e. The number of methoxy groups -OCH3 is 1. The Kier molecular flexibility index (Phi) is 5.18. The number of thiazole rings is 1. The van der Waals surface area contributed by atoms with Gasteiger partial charge in [0.15, 0.2) is 5.13 Å². The number of hydrogen-bond acceptors (Lipinski definition) is 6. The lowest BCUT2D eigenvalue weighted by Gasteiger charge is -2.26. The van der Waals surface area contributed by atoms with E-state index >= 15 is 0 Å². The first-order chi connectivity index (χ1) is 12.1. The summed E-state index contributed by atoms with van der Waals surface area (Å²) in [6.45, 7) is 3.60. The fraction of sp³-hybridized carbons (Fsp3) is 0.353. The minimum atomic E-state index is -0.548. The van der Waals surface area contributed by atoms with Crippen molar-refractivity contribution in [3.63, 3.8) is 0 Å². The molecule has 3 rings (SSSR count). The Bertz CT molecular complexity index is 773. The number of ether oxygens (including phenoxy) is 2. The molecule has 1 N–H and O–H groups in total. The molecular weight excluding hydrogens is 342 g/mol. The SMILES string of the molecule is CCOc1ccc(C(=O)N2CCc3nc(NC(=O)OC)sc3C2)cc1. The van der Waals surface area contributed by atoms with Gasteiger partial charge in [-0.2, -0.15) is 0 Å². The van der Waals surface area contributed by atoms with E-state index in [4.69, 9.17) is 4.74 Å². The summed E-state index contributed by atoms with van der Waals surface area (Å²) in [5.74, 6) is 0.727. The summed E-state index contributed by atoms with van der Waals surface area (Å²) in [6.07, 6.45) is 0.116. The number of anilines is 1. The third-order valence-corrected chi connectivity index (χ3v) is 4.82. The van der Waals surface area contributed by atoms with Gasteiger partial charge in [0.2, 0.25) is 0 Å². The highest BCUT2D eigenvalue weighted by Crippen LogP contribution is 2.29. The van der Waals surface area contributed by atoms with Crippen molar-refractivity contribution in [3.05, 3.63) is 40.4 Å². The molecule has 2 aromatic rings. The van der Waals surface area contributed by atoms with Gasteiger partial charge >= 0.3 is 6.09 Å². The molecule has 1 aliphatic heterocycles. The Morgan fingerprint density at radius 2 is 2.08 bits per heavy atom. The molecule has 25 heavy (non-hydrogen) atoms. The van der Waals surface area contributed by atoms with E-state index < -0.39 is 6.09 Å². The van der Waals surface area contributed by atoms with Crippen molar-refractivity contribution in [1.29, 1.82) is 0 Å². The molecule has 8 heteroatoms. The predicted octanol–water partition coefficient (Wildman–Crippen LogP) is 2.92. The van der Waals surface area contributed by atoms with Crippen molar-refractivity contribution in [2.45, 2.75) is 19.9 Å². The Morgan fingerprint density at radius 1 is 1.32 bits per heavy atom. The van der Waals surface area contributed by atoms with Crippen LogP contribution in [0.5, 0.6) is 5.75 Å². The van der Waals surface area contributed by atoms with Crippen molar-refractivity contribution >= 4 is 28.5 Å². The molecule has 0 fully saturated rings. The fourth-order valence-corrected chi connectivity index (χ4v) is 3.61. The van der Waals surface area contributed by atoms with Crippen LogP contribution >= 0.6 is 11.3 Å². The number of carbonyl (C=O) groups excluding carboxylic acids is 2. The van der Waals surface area contributed by atoms with E-state index in [0.717, 1.165) is 16.3 Å². The highest BCUT2D eigenvalue weighted by Gasteiger charge is 2.25. The molecule has 0 aliphatic carbocycles. The van der Waals surface area contributed by atoms with E-state index in [1.165, 1.54) is 18.4 Å². The number of aromatic nitrogens is 1. The first kappa shape index (κ1) is 17.2. The van der Waals surface area contributed by atoms with Gasteiger partial charge in [0.1, 0.15) is 5.75 Å². The number of rotatable bonds is 4. The molecule has 7 nitrogen and oxygen atoms in total. The highest BCUT2D eigenvalue weighted by atomic mass is 32.1. The lowest BCUT2D eigenvalue weighted by atomic mass is 10.1. The van der Waals surface area contributed by atoms with E-state index in [0.29, 0.717) is 36.8 Å². The summed E-state index contributed by atoms with van der Waals surface area (Å²) < 4.78 is 9.97. The average Bonchev–Trinajstić information content (AvgIpc) is 3.03. The fourth-order valence-electron chi connectivity index (χ4n) is 2.60. The van der Waals surface area contributed by atoms with Gasteiger partial charge in [-0.3, -0.25) is 10.1 Å². The Hall–Kier alpha value is -2.61. The Balaban J connectivity index is 1.69. The van der Waals surface area contributed by atoms with Gasteiger partial charge < -0.3 is 14.4 Å². The molecule has 0 bridgehead atoms. The molecule has 0 atom stereocenters. The molecule has 0 saturated heterocycles. The van der Waals surface area contributed by atoms with Gasteiger partial charge in [0.25, 0.3) is 5.91 Å². The molecule has 2 amide bonds. The largest absolute Gasteiger partial charge is 0.494 e. The lowest BCUT2D eigenvalue weighted by Crippen LogP contribution is -2.35. The lowest BCUT2D eigenvalue weighted by molar-refractivity contribution is 0.0736. The summed E-state index contributed by atoms with van der Waals surface area (Å²) in [5, 5.41) is 3.06. The second kappa shape index (κ2) is 7.52. The number of benzene rings is 1. The van der Waals surface area contributed by atoms with Crippen LogP contribution in [0.2, 0.25) is 0 Å². The van der Waals surface area contributed by atoms with Gasteiger partial charge in [-0.05, 0) is 31.2 Å². The Labute approximate surface area is 149 Å². The second-order valence-corrected chi connectivity index (χ2v) is 6.52. The van der Waals surface area contributed by atoms with Gasteiger partial charge in [-0.1, -0.05) is 11.3 Å². The van der Waals surface area contributed by atoms with E-state index in [2.05, 4.69) is 15.0 Å². The zero-order chi connectivity index (χ0) is 17.8. The van der Waals surface area contributed by atoms with Crippen LogP contribution in [0.25, 0.3) is 0 Å². The molecule has 2 heterocycles. The topological polar surface area (TPSA) is 80.8 Å². The third-order valence-electron chi connectivity index (χ3n) is 3.83. The monoisotopic (exact) mass is 361 g/mol. The first-order valence-electron chi connectivity index (χ1n) is 7.96. The van der Waals surface area contributed by atoms with Crippen molar-refractivity contribution in [3.8, 4) is 5.75 Å². The van der Waals surface area contributed by atoms with Crippen LogP contribution in [0.4, 0.5) is 9.93 Å². The van der Waals surface area contributed by atoms with Crippen molar-refractivity contribution in [2.75, 3.05) is 25.6 Å². The van der Waals surface area contributed by atoms with Crippen molar-refractivity contribution < 1.29 is 19.1 Å². The zero-order valence-corrected chi connectivity index (χ0v) is 14.9. The normalized spacial score (nSPS) is 13.1. The van der Waals surface area contributed by atoms with Gasteiger partial charge in [0, 0.05) is 23.4 Å². The van der Waals surface area contributed by atoms with Gasteiger partial charge in [0.05, 0.1) is 26.0 Å². The summed E-state index contributed by atoms with van der Waals surface area (Å²) in [5.41, 5.74) is 1.55. The van der Waals surface area contributed by atoms with E-state index in [1.807, 2.05) is 6.92 Å². The number of fused-ring (bicyclic) bond motifs is 1. The number of hydrogen-bond donors (Lipinski definition) is 1. The van der Waals surface area contributed by atoms with Crippen LogP contribution in [-0.4, -0.2) is 42.1 Å². The molecule has 0 spiro atoms. The van der Waals surface area contributed by atoms with Crippen LogP contribution in [0, 0.1) is 0 Å². The Morgan fingerprint density at radius 3 is 2.76 bits per heavy atom. The van der Waals surface area contributed by atoms with E-state index in [1.54, 1.807) is 29.2 Å². The predicted molar refractivity (Wildman–Crippen MR) is 94.2 cm³/mol. The smallest absolute Gasteiger partial charge is 0.413 e. The molecule has 132 valence electrons. The quantitative estimate of drug-likeness (QED) is 0.906. The zero-order valence-electron chi connectivity index (χ0n) is 14.1. The van der Waals surface area contributed by atoms with E-state index in [-0.39, 0.29) is 5.91 Å². The molecule has 1 aromatic carbocycles. The van der Waals surface area contributed by atoms with Crippen molar-refractivity contribution in [1.82, 2.24) is 9.88 Å². The van der Waals surface area contributed by atoms with Crippen LogP contribution in [0.15, 0.2) is 24.3 Å².